The van der Waals surface area contributed by atoms with E-state index in [0.29, 0.717) is 17.4 Å². The molecule has 0 saturated carbocycles. The summed E-state index contributed by atoms with van der Waals surface area (Å²) in [5, 5.41) is 13.9. The monoisotopic (exact) mass is 942 g/mol. The normalized spacial score (nSPS) is 14.0. The highest BCUT2D eigenvalue weighted by molar-refractivity contribution is 7.47. The molecule has 0 aliphatic rings. The van der Waals surface area contributed by atoms with E-state index in [4.69, 9.17) is 9.05 Å². The molecular formula is C56H114N2O6P+. The molecule has 0 bridgehead atoms. The Morgan fingerprint density at radius 2 is 0.815 bits per heavy atom. The summed E-state index contributed by atoms with van der Waals surface area (Å²) in [6.07, 6.45) is 58.9. The van der Waals surface area contributed by atoms with Crippen LogP contribution < -0.4 is 5.32 Å². The van der Waals surface area contributed by atoms with Crippen LogP contribution in [0.4, 0.5) is 0 Å². The number of quaternary nitrogens is 1. The van der Waals surface area contributed by atoms with Gasteiger partial charge in [0.15, 0.2) is 0 Å². The molecule has 1 amide bonds. The van der Waals surface area contributed by atoms with Crippen LogP contribution in [0, 0.1) is 0 Å². The van der Waals surface area contributed by atoms with Crippen molar-refractivity contribution in [1.29, 1.82) is 0 Å². The molecule has 0 saturated heterocycles. The Balaban J connectivity index is 4.05. The van der Waals surface area contributed by atoms with Crippen molar-refractivity contribution in [3.05, 3.63) is 12.2 Å². The van der Waals surface area contributed by atoms with E-state index in [1.165, 1.54) is 231 Å². The lowest BCUT2D eigenvalue weighted by Crippen LogP contribution is -2.45. The van der Waals surface area contributed by atoms with Gasteiger partial charge >= 0.3 is 7.82 Å². The van der Waals surface area contributed by atoms with E-state index >= 15 is 0 Å². The summed E-state index contributed by atoms with van der Waals surface area (Å²) in [6, 6.07) is -0.841. The largest absolute Gasteiger partial charge is 0.472 e. The van der Waals surface area contributed by atoms with E-state index in [1.807, 2.05) is 27.2 Å². The number of nitrogens with one attached hydrogen (secondary N) is 1. The summed E-state index contributed by atoms with van der Waals surface area (Å²) < 4.78 is 23.7. The number of hydrogen-bond donors (Lipinski definition) is 3. The van der Waals surface area contributed by atoms with E-state index < -0.39 is 20.0 Å². The number of rotatable bonds is 53. The van der Waals surface area contributed by atoms with E-state index in [1.54, 1.807) is 6.08 Å². The summed E-state index contributed by atoms with van der Waals surface area (Å²) in [5.41, 5.74) is 0. The van der Waals surface area contributed by atoms with Crippen molar-refractivity contribution < 1.29 is 32.9 Å². The molecule has 0 aromatic carbocycles. The van der Waals surface area contributed by atoms with Gasteiger partial charge < -0.3 is 19.8 Å². The molecule has 3 N–H and O–H groups in total. The van der Waals surface area contributed by atoms with Gasteiger partial charge in [0.2, 0.25) is 5.91 Å². The topological polar surface area (TPSA) is 105 Å². The van der Waals surface area contributed by atoms with Gasteiger partial charge in [-0.2, -0.15) is 0 Å². The molecule has 0 spiro atoms. The molecule has 0 radical (unpaired) electrons. The molecule has 0 rings (SSSR count). The molecule has 0 aromatic rings. The molecular weight excluding hydrogens is 828 g/mol. The molecule has 8 nitrogen and oxygen atoms in total. The number of carbonyl (C=O) groups is 1. The molecule has 9 heteroatoms. The van der Waals surface area contributed by atoms with Crippen LogP contribution in [0.25, 0.3) is 0 Å². The number of likely N-dealkylation sites (N-methyl/N-ethyl adjacent to an activating group) is 1. The zero-order valence-corrected chi connectivity index (χ0v) is 45.2. The first-order valence-electron chi connectivity index (χ1n) is 28.6. The average Bonchev–Trinajstić information content (AvgIpc) is 3.26. The van der Waals surface area contributed by atoms with Crippen LogP contribution >= 0.6 is 7.82 Å². The zero-order valence-electron chi connectivity index (χ0n) is 44.3. The number of amides is 1. The Morgan fingerprint density at radius 1 is 0.508 bits per heavy atom. The molecule has 0 aliphatic heterocycles. The minimum Gasteiger partial charge on any atom is -0.387 e. The van der Waals surface area contributed by atoms with Crippen molar-refractivity contribution in [2.45, 2.75) is 302 Å². The van der Waals surface area contributed by atoms with Crippen molar-refractivity contribution in [3.63, 3.8) is 0 Å². The summed E-state index contributed by atoms with van der Waals surface area (Å²) in [7, 11) is 1.59. The molecule has 0 heterocycles. The zero-order chi connectivity index (χ0) is 47.8. The minimum absolute atomic E-state index is 0.0650. The van der Waals surface area contributed by atoms with Crippen molar-refractivity contribution in [2.24, 2.45) is 0 Å². The molecule has 0 aliphatic carbocycles. The van der Waals surface area contributed by atoms with Gasteiger partial charge in [-0.25, -0.2) is 4.57 Å². The first kappa shape index (κ1) is 64.2. The number of nitrogens with zero attached hydrogens (tertiary/aromatic N) is 1. The fraction of sp³-hybridized carbons (Fsp3) is 0.946. The third-order valence-electron chi connectivity index (χ3n) is 13.3. The third kappa shape index (κ3) is 50.9. The lowest BCUT2D eigenvalue weighted by atomic mass is 10.0. The number of allylic oxidation sites excluding steroid dienone is 1. The Kier molecular flexibility index (Phi) is 47.7. The molecule has 65 heavy (non-hydrogen) atoms. The molecule has 0 aromatic heterocycles. The van der Waals surface area contributed by atoms with Crippen molar-refractivity contribution in [1.82, 2.24) is 5.32 Å². The number of hydrogen-bond acceptors (Lipinski definition) is 5. The molecule has 3 atom stereocenters. The van der Waals surface area contributed by atoms with Gasteiger partial charge in [-0.05, 0) is 19.3 Å². The van der Waals surface area contributed by atoms with Crippen LogP contribution in [0.1, 0.15) is 290 Å². The maximum Gasteiger partial charge on any atom is 0.472 e. The van der Waals surface area contributed by atoms with Gasteiger partial charge in [-0.15, -0.1) is 0 Å². The van der Waals surface area contributed by atoms with Gasteiger partial charge in [0.25, 0.3) is 0 Å². The van der Waals surface area contributed by atoms with E-state index in [9.17, 15) is 19.4 Å². The minimum atomic E-state index is -4.34. The van der Waals surface area contributed by atoms with E-state index in [0.717, 1.165) is 38.5 Å². The Hall–Kier alpha value is -0.760. The maximum atomic E-state index is 13.0. The highest BCUT2D eigenvalue weighted by atomic mass is 31.2. The standard InChI is InChI=1S/C56H113N2O6P/c1-6-8-10-12-14-16-18-20-22-23-24-25-26-27-28-29-30-31-32-33-34-35-36-38-40-42-44-46-48-50-56(60)57-54(53-64-65(61,62)63-52-51-58(3,4)5)55(59)49-47-45-43-41-39-37-21-19-17-15-13-11-9-7-2/h47,49,54-55,59H,6-46,48,50-53H2,1-5H3,(H-,57,60,61,62)/p+1/b49-47+/t54-,55+/m0/s1. The number of aliphatic hydroxyl groups is 1. The first-order chi connectivity index (χ1) is 31.5. The van der Waals surface area contributed by atoms with Crippen molar-refractivity contribution in [3.8, 4) is 0 Å². The second kappa shape index (κ2) is 48.3. The summed E-state index contributed by atoms with van der Waals surface area (Å²) >= 11 is 0. The van der Waals surface area contributed by atoms with Crippen LogP contribution in [0.2, 0.25) is 0 Å². The summed E-state index contributed by atoms with van der Waals surface area (Å²) in [4.78, 5) is 23.2. The predicted octanol–water partition coefficient (Wildman–Crippen LogP) is 17.0. The summed E-state index contributed by atoms with van der Waals surface area (Å²) in [6.45, 7) is 4.85. The molecule has 388 valence electrons. The SMILES string of the molecule is CCCCCCCCCCCCCC/C=C/[C@@H](O)[C@H](COP(=O)(O)OCC[N+](C)(C)C)NC(=O)CCCCCCCCCCCCCCCCCCCCCCCCCCCCCCC. The highest BCUT2D eigenvalue weighted by Crippen LogP contribution is 2.43. The third-order valence-corrected chi connectivity index (χ3v) is 14.2. The fourth-order valence-electron chi connectivity index (χ4n) is 8.75. The van der Waals surface area contributed by atoms with Gasteiger partial charge in [-0.3, -0.25) is 13.8 Å². The molecule has 1 unspecified atom stereocenters. The first-order valence-corrected chi connectivity index (χ1v) is 30.1. The number of unbranched alkanes of at least 4 members (excludes halogenated alkanes) is 40. The summed E-state index contributed by atoms with van der Waals surface area (Å²) in [5.74, 6) is -0.171. The fourth-order valence-corrected chi connectivity index (χ4v) is 9.49. The lowest BCUT2D eigenvalue weighted by Gasteiger charge is -2.25. The number of aliphatic hydroxyl groups excluding tert-OH is 1. The van der Waals surface area contributed by atoms with Crippen LogP contribution in [-0.2, 0) is 18.4 Å². The smallest absolute Gasteiger partial charge is 0.387 e. The lowest BCUT2D eigenvalue weighted by molar-refractivity contribution is -0.870. The van der Waals surface area contributed by atoms with Gasteiger partial charge in [0, 0.05) is 6.42 Å². The van der Waals surface area contributed by atoms with Crippen molar-refractivity contribution >= 4 is 13.7 Å². The Bertz CT molecular complexity index is 1070. The van der Waals surface area contributed by atoms with Gasteiger partial charge in [0.1, 0.15) is 13.2 Å². The second-order valence-corrected chi connectivity index (χ2v) is 22.5. The quantitative estimate of drug-likeness (QED) is 0.0243. The Morgan fingerprint density at radius 3 is 1.14 bits per heavy atom. The second-order valence-electron chi connectivity index (χ2n) is 21.0. The number of carbonyl (C=O) groups excluding carboxylic acids is 1. The number of phosphoric acid groups is 1. The number of phosphoric ester groups is 1. The average molecular weight is 943 g/mol. The van der Waals surface area contributed by atoms with Crippen LogP contribution in [0.15, 0.2) is 12.2 Å². The van der Waals surface area contributed by atoms with Crippen molar-refractivity contribution in [2.75, 3.05) is 40.9 Å². The van der Waals surface area contributed by atoms with Crippen LogP contribution in [0.5, 0.6) is 0 Å². The van der Waals surface area contributed by atoms with Gasteiger partial charge in [0.05, 0.1) is 39.9 Å². The Labute approximate surface area is 405 Å². The highest BCUT2D eigenvalue weighted by Gasteiger charge is 2.27. The molecule has 0 fully saturated rings. The predicted molar refractivity (Wildman–Crippen MR) is 282 cm³/mol. The van der Waals surface area contributed by atoms with E-state index in [-0.39, 0.29) is 19.1 Å². The van der Waals surface area contributed by atoms with Gasteiger partial charge in [-0.1, -0.05) is 276 Å². The van der Waals surface area contributed by atoms with Crippen LogP contribution in [0.3, 0.4) is 0 Å². The van der Waals surface area contributed by atoms with Crippen LogP contribution in [-0.4, -0.2) is 73.4 Å². The van der Waals surface area contributed by atoms with E-state index in [2.05, 4.69) is 19.2 Å². The maximum absolute atomic E-state index is 13.0.